The summed E-state index contributed by atoms with van der Waals surface area (Å²) in [5, 5.41) is 6.80. The highest BCUT2D eigenvalue weighted by Gasteiger charge is 2.21. The van der Waals surface area contributed by atoms with Crippen molar-refractivity contribution in [3.8, 4) is 0 Å². The first-order chi connectivity index (χ1) is 14.3. The topological polar surface area (TPSA) is 60.0 Å². The Morgan fingerprint density at radius 2 is 1.73 bits per heavy atom. The molecule has 0 unspecified atom stereocenters. The number of nitrogens with zero attached hydrogens (tertiary/aromatic N) is 3. The zero-order valence-electron chi connectivity index (χ0n) is 18.4. The molecule has 0 radical (unpaired) electrons. The number of carbonyl (C=O) groups excluding carboxylic acids is 1. The highest BCUT2D eigenvalue weighted by Crippen LogP contribution is 2.21. The standard InChI is InChI=1S/C23H37N5O.HI/c1-2-24-23(25-14-8-17-27-15-5-3-4-6-16-27)26-19-20-10-12-21(13-11-20)28-18-7-9-22(28)29;/h10-13H,2-9,14-19H2,1H3,(H2,24,25,26);1H. The van der Waals surface area contributed by atoms with Gasteiger partial charge in [-0.3, -0.25) is 4.79 Å². The summed E-state index contributed by atoms with van der Waals surface area (Å²) >= 11 is 0. The van der Waals surface area contributed by atoms with E-state index in [1.807, 2.05) is 17.0 Å². The van der Waals surface area contributed by atoms with Crippen molar-refractivity contribution >= 4 is 41.5 Å². The van der Waals surface area contributed by atoms with Crippen molar-refractivity contribution in [3.05, 3.63) is 29.8 Å². The molecule has 1 amide bonds. The van der Waals surface area contributed by atoms with Crippen LogP contribution in [0.3, 0.4) is 0 Å². The monoisotopic (exact) mass is 527 g/mol. The van der Waals surface area contributed by atoms with Crippen molar-refractivity contribution in [2.24, 2.45) is 4.99 Å². The highest BCUT2D eigenvalue weighted by molar-refractivity contribution is 14.0. The molecule has 0 spiro atoms. The summed E-state index contributed by atoms with van der Waals surface area (Å²) in [6.45, 7) is 9.05. The van der Waals surface area contributed by atoms with E-state index >= 15 is 0 Å². The van der Waals surface area contributed by atoms with Crippen LogP contribution in [0.1, 0.15) is 57.4 Å². The maximum atomic E-state index is 11.9. The number of benzene rings is 1. The molecule has 1 aromatic carbocycles. The molecule has 30 heavy (non-hydrogen) atoms. The van der Waals surface area contributed by atoms with Gasteiger partial charge >= 0.3 is 0 Å². The number of amides is 1. The second-order valence-corrected chi connectivity index (χ2v) is 8.05. The SMILES string of the molecule is CCNC(=NCc1ccc(N2CCCC2=O)cc1)NCCCN1CCCCCC1.I. The van der Waals surface area contributed by atoms with E-state index in [4.69, 9.17) is 4.99 Å². The van der Waals surface area contributed by atoms with Crippen LogP contribution in [0.15, 0.2) is 29.3 Å². The number of aliphatic imine (C=N–C) groups is 1. The second kappa shape index (κ2) is 13.9. The number of carbonyl (C=O) groups is 1. The van der Waals surface area contributed by atoms with Crippen LogP contribution >= 0.6 is 24.0 Å². The summed E-state index contributed by atoms with van der Waals surface area (Å²) < 4.78 is 0. The molecule has 2 aliphatic rings. The molecule has 2 N–H and O–H groups in total. The predicted molar refractivity (Wildman–Crippen MR) is 136 cm³/mol. The summed E-state index contributed by atoms with van der Waals surface area (Å²) in [4.78, 5) is 21.1. The van der Waals surface area contributed by atoms with Crippen LogP contribution in [0.25, 0.3) is 0 Å². The number of anilines is 1. The largest absolute Gasteiger partial charge is 0.357 e. The Bertz CT molecular complexity index is 656. The van der Waals surface area contributed by atoms with Crippen molar-refractivity contribution in [2.75, 3.05) is 44.2 Å². The molecule has 7 heteroatoms. The zero-order valence-corrected chi connectivity index (χ0v) is 20.7. The van der Waals surface area contributed by atoms with Crippen LogP contribution < -0.4 is 15.5 Å². The second-order valence-electron chi connectivity index (χ2n) is 8.05. The van der Waals surface area contributed by atoms with Gasteiger partial charge in [0.25, 0.3) is 0 Å². The van der Waals surface area contributed by atoms with E-state index in [1.54, 1.807) is 0 Å². The Kier molecular flexibility index (Phi) is 11.5. The summed E-state index contributed by atoms with van der Waals surface area (Å²) in [7, 11) is 0. The van der Waals surface area contributed by atoms with E-state index in [2.05, 4.69) is 34.6 Å². The fourth-order valence-corrected chi connectivity index (χ4v) is 4.08. The van der Waals surface area contributed by atoms with E-state index in [0.717, 1.165) is 49.7 Å². The fraction of sp³-hybridized carbons (Fsp3) is 0.652. The van der Waals surface area contributed by atoms with Gasteiger partial charge in [-0.2, -0.15) is 0 Å². The molecule has 6 nitrogen and oxygen atoms in total. The summed E-state index contributed by atoms with van der Waals surface area (Å²) in [6.07, 6.45) is 8.25. The van der Waals surface area contributed by atoms with E-state index in [1.165, 1.54) is 45.3 Å². The quantitative estimate of drug-likeness (QED) is 0.234. The smallest absolute Gasteiger partial charge is 0.227 e. The first-order valence-electron chi connectivity index (χ1n) is 11.4. The molecule has 0 atom stereocenters. The molecule has 2 fully saturated rings. The highest BCUT2D eigenvalue weighted by atomic mass is 127. The van der Waals surface area contributed by atoms with Gasteiger partial charge in [-0.1, -0.05) is 25.0 Å². The number of halogens is 1. The lowest BCUT2D eigenvalue weighted by Gasteiger charge is -2.20. The summed E-state index contributed by atoms with van der Waals surface area (Å²) in [5.41, 5.74) is 2.15. The number of guanidine groups is 1. The molecule has 2 saturated heterocycles. The minimum absolute atomic E-state index is 0. The van der Waals surface area contributed by atoms with Crippen LogP contribution in [0.5, 0.6) is 0 Å². The first-order valence-corrected chi connectivity index (χ1v) is 11.4. The van der Waals surface area contributed by atoms with Crippen LogP contribution in [0.4, 0.5) is 5.69 Å². The lowest BCUT2D eigenvalue weighted by molar-refractivity contribution is -0.117. The molecule has 0 saturated carbocycles. The Labute approximate surface area is 198 Å². The maximum absolute atomic E-state index is 11.9. The Hall–Kier alpha value is -1.35. The predicted octanol–water partition coefficient (Wildman–Crippen LogP) is 3.75. The molecule has 1 aromatic rings. The Morgan fingerprint density at radius 3 is 2.37 bits per heavy atom. The minimum Gasteiger partial charge on any atom is -0.357 e. The third-order valence-electron chi connectivity index (χ3n) is 5.73. The van der Waals surface area contributed by atoms with Gasteiger partial charge in [-0.15, -0.1) is 24.0 Å². The average Bonchev–Trinajstić information content (AvgIpc) is 3.00. The van der Waals surface area contributed by atoms with Crippen LogP contribution in [0.2, 0.25) is 0 Å². The van der Waals surface area contributed by atoms with Gasteiger partial charge in [-0.05, 0) is 69.9 Å². The minimum atomic E-state index is 0. The molecule has 0 aliphatic carbocycles. The van der Waals surface area contributed by atoms with E-state index in [9.17, 15) is 4.79 Å². The number of hydrogen-bond acceptors (Lipinski definition) is 3. The van der Waals surface area contributed by atoms with E-state index in [0.29, 0.717) is 13.0 Å². The first kappa shape index (κ1) is 24.9. The van der Waals surface area contributed by atoms with E-state index in [-0.39, 0.29) is 29.9 Å². The van der Waals surface area contributed by atoms with Gasteiger partial charge in [0, 0.05) is 31.7 Å². The molecular formula is C23H38IN5O. The molecule has 3 rings (SSSR count). The van der Waals surface area contributed by atoms with Crippen LogP contribution in [0, 0.1) is 0 Å². The molecule has 0 bridgehead atoms. The van der Waals surface area contributed by atoms with Gasteiger partial charge in [0.2, 0.25) is 5.91 Å². The third kappa shape index (κ3) is 8.06. The van der Waals surface area contributed by atoms with Crippen molar-refractivity contribution < 1.29 is 4.79 Å². The van der Waals surface area contributed by atoms with Gasteiger partial charge in [0.05, 0.1) is 6.54 Å². The lowest BCUT2D eigenvalue weighted by Crippen LogP contribution is -2.39. The molecular weight excluding hydrogens is 489 g/mol. The van der Waals surface area contributed by atoms with Crippen molar-refractivity contribution in [1.29, 1.82) is 0 Å². The van der Waals surface area contributed by atoms with Crippen molar-refractivity contribution in [2.45, 2.75) is 58.4 Å². The van der Waals surface area contributed by atoms with E-state index < -0.39 is 0 Å². The number of rotatable bonds is 8. The average molecular weight is 527 g/mol. The molecule has 2 heterocycles. The van der Waals surface area contributed by atoms with Gasteiger partial charge in [-0.25, -0.2) is 4.99 Å². The Balaban J connectivity index is 0.00000320. The molecule has 2 aliphatic heterocycles. The van der Waals surface area contributed by atoms with Crippen molar-refractivity contribution in [1.82, 2.24) is 15.5 Å². The molecule has 168 valence electrons. The van der Waals surface area contributed by atoms with Gasteiger partial charge in [0.1, 0.15) is 0 Å². The summed E-state index contributed by atoms with van der Waals surface area (Å²) in [6, 6.07) is 8.23. The maximum Gasteiger partial charge on any atom is 0.227 e. The number of hydrogen-bond donors (Lipinski definition) is 2. The molecule has 0 aromatic heterocycles. The van der Waals surface area contributed by atoms with Crippen LogP contribution in [-0.4, -0.2) is 56.0 Å². The number of nitrogens with one attached hydrogen (secondary N) is 2. The lowest BCUT2D eigenvalue weighted by atomic mass is 10.2. The number of likely N-dealkylation sites (tertiary alicyclic amines) is 1. The van der Waals surface area contributed by atoms with Gasteiger partial charge < -0.3 is 20.4 Å². The third-order valence-corrected chi connectivity index (χ3v) is 5.73. The Morgan fingerprint density at radius 1 is 1.00 bits per heavy atom. The van der Waals surface area contributed by atoms with Gasteiger partial charge in [0.15, 0.2) is 5.96 Å². The zero-order chi connectivity index (χ0) is 20.3. The summed E-state index contributed by atoms with van der Waals surface area (Å²) in [5.74, 6) is 1.11. The van der Waals surface area contributed by atoms with Crippen molar-refractivity contribution in [3.63, 3.8) is 0 Å². The normalized spacial score (nSPS) is 18.1. The fourth-order valence-electron chi connectivity index (χ4n) is 4.08. The van der Waals surface area contributed by atoms with Crippen LogP contribution in [-0.2, 0) is 11.3 Å².